The highest BCUT2D eigenvalue weighted by molar-refractivity contribution is 7.92. The van der Waals surface area contributed by atoms with Crippen molar-refractivity contribution >= 4 is 15.7 Å². The summed E-state index contributed by atoms with van der Waals surface area (Å²) in [5.41, 5.74) is 0. The third kappa shape index (κ3) is 6.07. The number of aliphatic hydroxyl groups excluding tert-OH is 1. The predicted molar refractivity (Wildman–Crippen MR) is 62.9 cm³/mol. The van der Waals surface area contributed by atoms with Crippen molar-refractivity contribution in [2.45, 2.75) is 26.7 Å². The number of sulfone groups is 1. The van der Waals surface area contributed by atoms with Crippen molar-refractivity contribution in [3.8, 4) is 0 Å². The van der Waals surface area contributed by atoms with E-state index in [1.807, 2.05) is 13.8 Å². The Labute approximate surface area is 97.4 Å². The van der Waals surface area contributed by atoms with Crippen molar-refractivity contribution in [2.24, 2.45) is 0 Å². The lowest BCUT2D eigenvalue weighted by atomic mass is 10.3. The fourth-order valence-corrected chi connectivity index (χ4v) is 2.37. The summed E-state index contributed by atoms with van der Waals surface area (Å²) in [6.07, 6.45) is 1.62. The van der Waals surface area contributed by atoms with Gasteiger partial charge in [-0.2, -0.15) is 0 Å². The van der Waals surface area contributed by atoms with Gasteiger partial charge in [-0.25, -0.2) is 8.42 Å². The van der Waals surface area contributed by atoms with Crippen molar-refractivity contribution < 1.29 is 18.3 Å². The molecule has 0 fully saturated rings. The fourth-order valence-electron chi connectivity index (χ4n) is 1.39. The van der Waals surface area contributed by atoms with Crippen molar-refractivity contribution in [2.75, 3.05) is 31.2 Å². The molecule has 0 aliphatic heterocycles. The van der Waals surface area contributed by atoms with Gasteiger partial charge in [0.1, 0.15) is 5.75 Å². The van der Waals surface area contributed by atoms with Crippen LogP contribution in [0.25, 0.3) is 0 Å². The average Bonchev–Trinajstić information content (AvgIpc) is 2.16. The van der Waals surface area contributed by atoms with Crippen LogP contribution in [-0.4, -0.2) is 55.5 Å². The Hall–Kier alpha value is -0.620. The van der Waals surface area contributed by atoms with Gasteiger partial charge in [-0.1, -0.05) is 13.8 Å². The Balaban J connectivity index is 4.40. The zero-order valence-electron chi connectivity index (χ0n) is 9.98. The number of rotatable bonds is 8. The van der Waals surface area contributed by atoms with Gasteiger partial charge in [0, 0.05) is 13.1 Å². The van der Waals surface area contributed by atoms with E-state index in [4.69, 9.17) is 5.11 Å². The molecule has 0 bridgehead atoms. The molecule has 0 aromatic carbocycles. The first kappa shape index (κ1) is 15.4. The molecule has 0 saturated heterocycles. The summed E-state index contributed by atoms with van der Waals surface area (Å²) in [4.78, 5) is 13.2. The smallest absolute Gasteiger partial charge is 0.237 e. The highest BCUT2D eigenvalue weighted by Gasteiger charge is 2.20. The van der Waals surface area contributed by atoms with Crippen molar-refractivity contribution in [3.05, 3.63) is 0 Å². The van der Waals surface area contributed by atoms with Crippen molar-refractivity contribution in [1.29, 1.82) is 0 Å². The molecule has 5 nitrogen and oxygen atoms in total. The Bertz CT molecular complexity index is 294. The van der Waals surface area contributed by atoms with Crippen molar-refractivity contribution in [3.63, 3.8) is 0 Å². The van der Waals surface area contributed by atoms with Crippen LogP contribution < -0.4 is 0 Å². The van der Waals surface area contributed by atoms with Gasteiger partial charge >= 0.3 is 0 Å². The lowest BCUT2D eigenvalue weighted by Crippen LogP contribution is -2.37. The van der Waals surface area contributed by atoms with E-state index in [0.717, 1.165) is 12.8 Å². The minimum absolute atomic E-state index is 0.342. The highest BCUT2D eigenvalue weighted by Crippen LogP contribution is 1.99. The maximum atomic E-state index is 11.7. The number of carbonyl (C=O) groups excluding carboxylic acids is 1. The fraction of sp³-hybridized carbons (Fsp3) is 0.900. The van der Waals surface area contributed by atoms with E-state index in [0.29, 0.717) is 13.1 Å². The number of aliphatic hydroxyl groups is 1. The molecule has 0 aromatic heterocycles. The first-order chi connectivity index (χ1) is 7.46. The quantitative estimate of drug-likeness (QED) is 0.661. The lowest BCUT2D eigenvalue weighted by molar-refractivity contribution is -0.128. The van der Waals surface area contributed by atoms with Crippen LogP contribution in [0.4, 0.5) is 0 Å². The van der Waals surface area contributed by atoms with E-state index in [2.05, 4.69) is 0 Å². The maximum absolute atomic E-state index is 11.7. The summed E-state index contributed by atoms with van der Waals surface area (Å²) < 4.78 is 22.7. The van der Waals surface area contributed by atoms with Crippen LogP contribution in [0.3, 0.4) is 0 Å². The molecule has 0 heterocycles. The topological polar surface area (TPSA) is 74.7 Å². The SMILES string of the molecule is CCCN(CCC)C(=O)CS(=O)(=O)CCO. The van der Waals surface area contributed by atoms with Crippen LogP contribution in [0.5, 0.6) is 0 Å². The summed E-state index contributed by atoms with van der Waals surface area (Å²) in [6, 6.07) is 0. The first-order valence-corrected chi connectivity index (χ1v) is 7.38. The summed E-state index contributed by atoms with van der Waals surface area (Å²) >= 11 is 0. The standard InChI is InChI=1S/C10H21NO4S/c1-3-5-11(6-4-2)10(13)9-16(14,15)8-7-12/h12H,3-9H2,1-2H3. The Morgan fingerprint density at radius 1 is 1.19 bits per heavy atom. The second kappa shape index (κ2) is 7.62. The first-order valence-electron chi connectivity index (χ1n) is 5.55. The van der Waals surface area contributed by atoms with Crippen LogP contribution in [-0.2, 0) is 14.6 Å². The summed E-state index contributed by atoms with van der Waals surface area (Å²) in [5.74, 6) is -1.20. The zero-order chi connectivity index (χ0) is 12.6. The van der Waals surface area contributed by atoms with Crippen LogP contribution in [0, 0.1) is 0 Å². The van der Waals surface area contributed by atoms with Gasteiger partial charge in [-0.3, -0.25) is 4.79 Å². The molecule has 0 spiro atoms. The van der Waals surface area contributed by atoms with E-state index >= 15 is 0 Å². The normalized spacial score (nSPS) is 11.4. The van der Waals surface area contributed by atoms with Gasteiger partial charge < -0.3 is 10.0 Å². The van der Waals surface area contributed by atoms with E-state index in [1.165, 1.54) is 0 Å². The molecular formula is C10H21NO4S. The molecule has 0 unspecified atom stereocenters. The molecular weight excluding hydrogens is 230 g/mol. The maximum Gasteiger partial charge on any atom is 0.237 e. The van der Waals surface area contributed by atoms with Gasteiger partial charge in [0.05, 0.1) is 12.4 Å². The van der Waals surface area contributed by atoms with E-state index in [1.54, 1.807) is 4.90 Å². The third-order valence-corrected chi connectivity index (χ3v) is 3.58. The molecule has 96 valence electrons. The predicted octanol–water partition coefficient (Wildman–Crippen LogP) is 0.0421. The molecule has 0 aliphatic carbocycles. The molecule has 0 aliphatic rings. The zero-order valence-corrected chi connectivity index (χ0v) is 10.8. The monoisotopic (exact) mass is 251 g/mol. The van der Waals surface area contributed by atoms with Gasteiger partial charge in [0.15, 0.2) is 9.84 Å². The average molecular weight is 251 g/mol. The highest BCUT2D eigenvalue weighted by atomic mass is 32.2. The van der Waals surface area contributed by atoms with E-state index in [9.17, 15) is 13.2 Å². The summed E-state index contributed by atoms with van der Waals surface area (Å²) in [6.45, 7) is 4.62. The van der Waals surface area contributed by atoms with Gasteiger partial charge in [-0.05, 0) is 12.8 Å². The number of carbonyl (C=O) groups is 1. The molecule has 0 saturated carbocycles. The second-order valence-corrected chi connectivity index (χ2v) is 5.88. The molecule has 1 N–H and O–H groups in total. The number of amides is 1. The minimum atomic E-state index is -3.45. The summed E-state index contributed by atoms with van der Waals surface area (Å²) in [7, 11) is -3.45. The lowest BCUT2D eigenvalue weighted by Gasteiger charge is -2.21. The molecule has 0 radical (unpaired) electrons. The van der Waals surface area contributed by atoms with Gasteiger partial charge in [0.2, 0.25) is 5.91 Å². The summed E-state index contributed by atoms with van der Waals surface area (Å²) in [5, 5.41) is 8.56. The molecule has 16 heavy (non-hydrogen) atoms. The second-order valence-electron chi connectivity index (χ2n) is 3.70. The van der Waals surface area contributed by atoms with E-state index in [-0.39, 0.29) is 11.7 Å². The number of hydrogen-bond acceptors (Lipinski definition) is 4. The molecule has 6 heteroatoms. The van der Waals surface area contributed by atoms with E-state index < -0.39 is 22.2 Å². The number of nitrogens with zero attached hydrogens (tertiary/aromatic N) is 1. The molecule has 0 aromatic rings. The Kier molecular flexibility index (Phi) is 7.33. The molecule has 0 atom stereocenters. The third-order valence-electron chi connectivity index (χ3n) is 2.09. The number of hydrogen-bond donors (Lipinski definition) is 1. The van der Waals surface area contributed by atoms with Gasteiger partial charge in [0.25, 0.3) is 0 Å². The molecule has 0 rings (SSSR count). The Morgan fingerprint density at radius 3 is 2.06 bits per heavy atom. The van der Waals surface area contributed by atoms with Crippen LogP contribution in [0.15, 0.2) is 0 Å². The van der Waals surface area contributed by atoms with Crippen molar-refractivity contribution in [1.82, 2.24) is 4.90 Å². The largest absolute Gasteiger partial charge is 0.395 e. The van der Waals surface area contributed by atoms with Gasteiger partial charge in [-0.15, -0.1) is 0 Å². The van der Waals surface area contributed by atoms with Crippen LogP contribution in [0.2, 0.25) is 0 Å². The molecule has 1 amide bonds. The van der Waals surface area contributed by atoms with Crippen LogP contribution in [0.1, 0.15) is 26.7 Å². The van der Waals surface area contributed by atoms with Crippen LogP contribution >= 0.6 is 0 Å². The Morgan fingerprint density at radius 2 is 1.69 bits per heavy atom. The minimum Gasteiger partial charge on any atom is -0.395 e.